The van der Waals surface area contributed by atoms with Gasteiger partial charge in [-0.05, 0) is 29.9 Å². The highest BCUT2D eigenvalue weighted by molar-refractivity contribution is 5.86. The number of hydrogen-bond acceptors (Lipinski definition) is 5. The Kier molecular flexibility index (Phi) is 5.73. The number of rotatable bonds is 6. The molecule has 0 fully saturated rings. The molecule has 0 radical (unpaired) electrons. The van der Waals surface area contributed by atoms with Gasteiger partial charge in [0, 0.05) is 6.54 Å². The second kappa shape index (κ2) is 7.07. The molecule has 0 aliphatic carbocycles. The topological polar surface area (TPSA) is 64.1 Å². The molecule has 106 valence electrons. The van der Waals surface area contributed by atoms with Crippen molar-refractivity contribution in [1.29, 1.82) is 0 Å². The lowest BCUT2D eigenvalue weighted by Crippen LogP contribution is -2.25. The van der Waals surface area contributed by atoms with E-state index in [1.165, 1.54) is 7.11 Å². The number of anilines is 1. The molecule has 1 aromatic heterocycles. The molecule has 5 heteroatoms. The summed E-state index contributed by atoms with van der Waals surface area (Å²) < 4.78 is 4.58. The number of esters is 1. The largest absolute Gasteiger partial charge is 0.464 e. The fraction of sp³-hybridized carbons (Fsp3) is 0.643. The van der Waals surface area contributed by atoms with Crippen molar-refractivity contribution in [3.05, 3.63) is 17.8 Å². The van der Waals surface area contributed by atoms with Crippen LogP contribution in [-0.2, 0) is 4.74 Å². The summed E-state index contributed by atoms with van der Waals surface area (Å²) >= 11 is 0. The Bertz CT molecular complexity index is 394. The van der Waals surface area contributed by atoms with Gasteiger partial charge in [0.25, 0.3) is 0 Å². The maximum Gasteiger partial charge on any atom is 0.358 e. The lowest BCUT2D eigenvalue weighted by molar-refractivity contribution is 0.0593. The number of hydrogen-bond donors (Lipinski definition) is 1. The van der Waals surface area contributed by atoms with Crippen LogP contribution in [0.5, 0.6) is 0 Å². The van der Waals surface area contributed by atoms with E-state index in [4.69, 9.17) is 0 Å². The predicted molar refractivity (Wildman–Crippen MR) is 75.0 cm³/mol. The summed E-state index contributed by atoms with van der Waals surface area (Å²) in [5, 5.41) is 11.1. The molecule has 1 N–H and O–H groups in total. The molecule has 1 heterocycles. The standard InChI is InChI=1S/C14H23N3O2/c1-9(2)11(10(3)4)8-15-13-7-6-12(16-17-13)14(18)19-5/h6-7,9-11H,8H2,1-5H3,(H,15,17). The Balaban J connectivity index is 2.60. The molecule has 1 rings (SSSR count). The molecule has 1 aromatic rings. The Morgan fingerprint density at radius 1 is 1.21 bits per heavy atom. The Morgan fingerprint density at radius 2 is 1.84 bits per heavy atom. The molecule has 0 bridgehead atoms. The second-order valence-corrected chi connectivity index (χ2v) is 5.33. The first-order chi connectivity index (χ1) is 8.95. The third-order valence-corrected chi connectivity index (χ3v) is 3.29. The van der Waals surface area contributed by atoms with E-state index in [1.54, 1.807) is 12.1 Å². The van der Waals surface area contributed by atoms with Gasteiger partial charge in [-0.3, -0.25) is 0 Å². The van der Waals surface area contributed by atoms with Crippen LogP contribution in [0.2, 0.25) is 0 Å². The van der Waals surface area contributed by atoms with Gasteiger partial charge in [-0.1, -0.05) is 27.7 Å². The third kappa shape index (κ3) is 4.50. The zero-order chi connectivity index (χ0) is 14.4. The highest BCUT2D eigenvalue weighted by Crippen LogP contribution is 2.20. The van der Waals surface area contributed by atoms with Crippen LogP contribution in [-0.4, -0.2) is 29.8 Å². The van der Waals surface area contributed by atoms with Gasteiger partial charge in [-0.2, -0.15) is 0 Å². The number of methoxy groups -OCH3 is 1. The number of nitrogens with zero attached hydrogens (tertiary/aromatic N) is 2. The Hall–Kier alpha value is -1.65. The van der Waals surface area contributed by atoms with Crippen molar-refractivity contribution in [3.63, 3.8) is 0 Å². The van der Waals surface area contributed by atoms with Crippen molar-refractivity contribution in [3.8, 4) is 0 Å². The number of aromatic nitrogens is 2. The van der Waals surface area contributed by atoms with Gasteiger partial charge in [-0.25, -0.2) is 4.79 Å². The molecule has 0 unspecified atom stereocenters. The highest BCUT2D eigenvalue weighted by atomic mass is 16.5. The van der Waals surface area contributed by atoms with Crippen molar-refractivity contribution in [2.45, 2.75) is 27.7 Å². The average Bonchev–Trinajstić information content (AvgIpc) is 2.38. The Morgan fingerprint density at radius 3 is 2.26 bits per heavy atom. The maximum absolute atomic E-state index is 11.2. The first-order valence-corrected chi connectivity index (χ1v) is 6.61. The molecule has 19 heavy (non-hydrogen) atoms. The first kappa shape index (κ1) is 15.4. The molecular formula is C14H23N3O2. The zero-order valence-corrected chi connectivity index (χ0v) is 12.3. The molecule has 0 saturated carbocycles. The van der Waals surface area contributed by atoms with Gasteiger partial charge < -0.3 is 10.1 Å². The highest BCUT2D eigenvalue weighted by Gasteiger charge is 2.17. The van der Waals surface area contributed by atoms with Gasteiger partial charge in [-0.15, -0.1) is 10.2 Å². The summed E-state index contributed by atoms with van der Waals surface area (Å²) in [6, 6.07) is 3.36. The molecule has 0 saturated heterocycles. The van der Waals surface area contributed by atoms with E-state index in [2.05, 4.69) is 47.9 Å². The molecule has 0 amide bonds. The van der Waals surface area contributed by atoms with Gasteiger partial charge in [0.05, 0.1) is 7.11 Å². The van der Waals surface area contributed by atoms with Gasteiger partial charge >= 0.3 is 5.97 Å². The molecule has 0 aliphatic rings. The maximum atomic E-state index is 11.2. The zero-order valence-electron chi connectivity index (χ0n) is 12.3. The monoisotopic (exact) mass is 265 g/mol. The number of carbonyl (C=O) groups is 1. The van der Waals surface area contributed by atoms with Crippen LogP contribution in [0.3, 0.4) is 0 Å². The van der Waals surface area contributed by atoms with E-state index in [1.807, 2.05) is 0 Å². The van der Waals surface area contributed by atoms with Crippen molar-refractivity contribution in [2.75, 3.05) is 19.0 Å². The quantitative estimate of drug-likeness (QED) is 0.801. The normalized spacial score (nSPS) is 11.2. The summed E-state index contributed by atoms with van der Waals surface area (Å²) in [5.41, 5.74) is 0.220. The van der Waals surface area contributed by atoms with Crippen LogP contribution < -0.4 is 5.32 Å². The van der Waals surface area contributed by atoms with Crippen LogP contribution in [0, 0.1) is 17.8 Å². The van der Waals surface area contributed by atoms with Crippen LogP contribution in [0.4, 0.5) is 5.82 Å². The van der Waals surface area contributed by atoms with E-state index >= 15 is 0 Å². The Labute approximate surface area is 114 Å². The summed E-state index contributed by atoms with van der Waals surface area (Å²) in [6.07, 6.45) is 0. The lowest BCUT2D eigenvalue weighted by atomic mass is 9.85. The second-order valence-electron chi connectivity index (χ2n) is 5.33. The van der Waals surface area contributed by atoms with E-state index in [0.717, 1.165) is 6.54 Å². The minimum Gasteiger partial charge on any atom is -0.464 e. The lowest BCUT2D eigenvalue weighted by Gasteiger charge is -2.25. The SMILES string of the molecule is COC(=O)c1ccc(NCC(C(C)C)C(C)C)nn1. The van der Waals surface area contributed by atoms with Crippen LogP contribution in [0.15, 0.2) is 12.1 Å². The number of carbonyl (C=O) groups excluding carboxylic acids is 1. The minimum atomic E-state index is -0.471. The van der Waals surface area contributed by atoms with Crippen molar-refractivity contribution >= 4 is 11.8 Å². The van der Waals surface area contributed by atoms with Crippen molar-refractivity contribution in [1.82, 2.24) is 10.2 Å². The van der Waals surface area contributed by atoms with Crippen LogP contribution in [0.1, 0.15) is 38.2 Å². The fourth-order valence-corrected chi connectivity index (χ4v) is 2.10. The van der Waals surface area contributed by atoms with Gasteiger partial charge in [0.2, 0.25) is 0 Å². The predicted octanol–water partition coefficient (Wildman–Crippen LogP) is 2.60. The molecule has 0 atom stereocenters. The van der Waals surface area contributed by atoms with Crippen molar-refractivity contribution in [2.24, 2.45) is 17.8 Å². The fourth-order valence-electron chi connectivity index (χ4n) is 2.10. The summed E-state index contributed by atoms with van der Waals surface area (Å²) in [5.74, 6) is 1.99. The summed E-state index contributed by atoms with van der Waals surface area (Å²) in [6.45, 7) is 9.73. The molecule has 0 aliphatic heterocycles. The molecule has 0 aromatic carbocycles. The summed E-state index contributed by atoms with van der Waals surface area (Å²) in [7, 11) is 1.33. The number of nitrogens with one attached hydrogen (secondary N) is 1. The van der Waals surface area contributed by atoms with Gasteiger partial charge in [0.15, 0.2) is 5.69 Å². The smallest absolute Gasteiger partial charge is 0.358 e. The summed E-state index contributed by atoms with van der Waals surface area (Å²) in [4.78, 5) is 11.2. The minimum absolute atomic E-state index is 0.220. The molecule has 5 nitrogen and oxygen atoms in total. The average molecular weight is 265 g/mol. The third-order valence-electron chi connectivity index (χ3n) is 3.29. The van der Waals surface area contributed by atoms with Crippen LogP contribution in [0.25, 0.3) is 0 Å². The first-order valence-electron chi connectivity index (χ1n) is 6.61. The van der Waals surface area contributed by atoms with Gasteiger partial charge in [0.1, 0.15) is 5.82 Å². The van der Waals surface area contributed by atoms with E-state index < -0.39 is 5.97 Å². The molecular weight excluding hydrogens is 242 g/mol. The van der Waals surface area contributed by atoms with Crippen LogP contribution >= 0.6 is 0 Å². The van der Waals surface area contributed by atoms with E-state index in [-0.39, 0.29) is 5.69 Å². The van der Waals surface area contributed by atoms with E-state index in [9.17, 15) is 4.79 Å². The molecule has 0 spiro atoms. The number of ether oxygens (including phenoxy) is 1. The van der Waals surface area contributed by atoms with E-state index in [0.29, 0.717) is 23.6 Å². The van der Waals surface area contributed by atoms with Crippen molar-refractivity contribution < 1.29 is 9.53 Å².